The van der Waals surface area contributed by atoms with Gasteiger partial charge in [0, 0.05) is 27.8 Å². The van der Waals surface area contributed by atoms with Gasteiger partial charge in [-0.15, -0.1) is 5.10 Å². The number of aryl methyl sites for hydroxylation is 1. The summed E-state index contributed by atoms with van der Waals surface area (Å²) in [6.45, 7) is 3.69. The van der Waals surface area contributed by atoms with Crippen LogP contribution in [0.15, 0.2) is 42.5 Å². The summed E-state index contributed by atoms with van der Waals surface area (Å²) in [5.41, 5.74) is 0.995. The van der Waals surface area contributed by atoms with Crippen molar-refractivity contribution in [3.63, 3.8) is 0 Å². The maximum Gasteiger partial charge on any atom is 0.336 e. The lowest BCUT2D eigenvalue weighted by molar-refractivity contribution is -0.385. The lowest BCUT2D eigenvalue weighted by Crippen LogP contribution is -2.15. The molecule has 3 rings (SSSR count). The Kier molecular flexibility index (Phi) is 5.18. The van der Waals surface area contributed by atoms with Crippen LogP contribution in [-0.4, -0.2) is 32.2 Å². The van der Waals surface area contributed by atoms with Crippen molar-refractivity contribution in [3.05, 3.63) is 68.7 Å². The first-order valence-corrected chi connectivity index (χ1v) is 8.44. The number of carbonyl (C=O) groups is 1. The monoisotopic (exact) mass is 386 g/mol. The van der Waals surface area contributed by atoms with Gasteiger partial charge in [-0.2, -0.15) is 9.67 Å². The molecule has 138 valence electrons. The zero-order valence-corrected chi connectivity index (χ0v) is 15.3. The van der Waals surface area contributed by atoms with Gasteiger partial charge in [-0.05, 0) is 32.0 Å². The largest absolute Gasteiger partial charge is 0.463 e. The molecule has 0 aliphatic heterocycles. The third-order valence-corrected chi connectivity index (χ3v) is 4.02. The van der Waals surface area contributed by atoms with Gasteiger partial charge < -0.3 is 4.74 Å². The van der Waals surface area contributed by atoms with Crippen molar-refractivity contribution in [2.75, 3.05) is 6.61 Å². The topological polar surface area (TPSA) is 100 Å². The van der Waals surface area contributed by atoms with Gasteiger partial charge in [-0.25, -0.2) is 0 Å². The number of ether oxygens (including phenoxy) is 1. The third-order valence-electron chi connectivity index (χ3n) is 3.79. The van der Waals surface area contributed by atoms with Crippen LogP contribution in [0.1, 0.15) is 22.8 Å². The van der Waals surface area contributed by atoms with Crippen molar-refractivity contribution in [3.8, 4) is 17.4 Å². The average Bonchev–Trinajstić information content (AvgIpc) is 3.05. The summed E-state index contributed by atoms with van der Waals surface area (Å²) in [6.07, 6.45) is 0. The Labute approximate surface area is 159 Å². The summed E-state index contributed by atoms with van der Waals surface area (Å²) >= 11 is 6.04. The van der Waals surface area contributed by atoms with Crippen molar-refractivity contribution in [1.82, 2.24) is 14.8 Å². The number of aromatic nitrogens is 3. The molecular formula is C18H15ClN4O4. The highest BCUT2D eigenvalue weighted by Gasteiger charge is 2.22. The van der Waals surface area contributed by atoms with Gasteiger partial charge in [0.25, 0.3) is 11.6 Å². The second-order valence-corrected chi connectivity index (χ2v) is 6.07. The smallest absolute Gasteiger partial charge is 0.336 e. The van der Waals surface area contributed by atoms with Crippen LogP contribution in [0, 0.1) is 17.0 Å². The van der Waals surface area contributed by atoms with Crippen LogP contribution in [-0.2, 0) is 0 Å². The van der Waals surface area contributed by atoms with E-state index in [1.165, 1.54) is 18.2 Å². The van der Waals surface area contributed by atoms with Crippen LogP contribution in [0.3, 0.4) is 0 Å². The molecule has 0 bridgehead atoms. The summed E-state index contributed by atoms with van der Waals surface area (Å²) in [7, 11) is 0. The van der Waals surface area contributed by atoms with Crippen molar-refractivity contribution in [2.45, 2.75) is 13.8 Å². The summed E-state index contributed by atoms with van der Waals surface area (Å²) in [4.78, 5) is 27.9. The molecule has 1 heterocycles. The van der Waals surface area contributed by atoms with E-state index < -0.39 is 10.8 Å². The zero-order valence-electron chi connectivity index (χ0n) is 14.5. The maximum absolute atomic E-state index is 13.0. The van der Waals surface area contributed by atoms with Crippen molar-refractivity contribution in [1.29, 1.82) is 0 Å². The fourth-order valence-electron chi connectivity index (χ4n) is 2.50. The molecule has 0 spiro atoms. The molecule has 8 nitrogen and oxygen atoms in total. The molecule has 0 saturated carbocycles. The van der Waals surface area contributed by atoms with Gasteiger partial charge in [0.05, 0.1) is 11.5 Å². The number of nitrogens with zero attached hydrogens (tertiary/aromatic N) is 4. The van der Waals surface area contributed by atoms with Gasteiger partial charge in [0.1, 0.15) is 0 Å². The van der Waals surface area contributed by atoms with E-state index in [1.54, 1.807) is 38.1 Å². The van der Waals surface area contributed by atoms with E-state index in [0.717, 1.165) is 4.68 Å². The number of nitro benzene ring substituents is 1. The molecule has 0 atom stereocenters. The summed E-state index contributed by atoms with van der Waals surface area (Å²) in [6, 6.07) is 11.1. The Morgan fingerprint density at radius 3 is 2.74 bits per heavy atom. The van der Waals surface area contributed by atoms with E-state index in [-0.39, 0.29) is 23.1 Å². The molecule has 9 heteroatoms. The molecular weight excluding hydrogens is 372 g/mol. The lowest BCUT2D eigenvalue weighted by atomic mass is 10.1. The molecule has 0 unspecified atom stereocenters. The number of nitro groups is 1. The molecule has 0 aliphatic carbocycles. The number of hydrogen-bond donors (Lipinski definition) is 0. The number of hydrogen-bond acceptors (Lipinski definition) is 6. The van der Waals surface area contributed by atoms with Crippen molar-refractivity contribution >= 4 is 23.2 Å². The lowest BCUT2D eigenvalue weighted by Gasteiger charge is -2.06. The highest BCUT2D eigenvalue weighted by Crippen LogP contribution is 2.25. The summed E-state index contributed by atoms with van der Waals surface area (Å²) in [5, 5.41) is 15.7. The molecule has 0 aliphatic rings. The van der Waals surface area contributed by atoms with Crippen LogP contribution in [0.4, 0.5) is 5.69 Å². The molecule has 0 fully saturated rings. The van der Waals surface area contributed by atoms with E-state index in [0.29, 0.717) is 22.8 Å². The molecule has 2 aromatic carbocycles. The highest BCUT2D eigenvalue weighted by atomic mass is 35.5. The molecule has 27 heavy (non-hydrogen) atoms. The van der Waals surface area contributed by atoms with Gasteiger partial charge in [-0.3, -0.25) is 14.9 Å². The molecule has 0 N–H and O–H groups in total. The van der Waals surface area contributed by atoms with Crippen LogP contribution in [0.2, 0.25) is 5.02 Å². The van der Waals surface area contributed by atoms with Crippen molar-refractivity contribution < 1.29 is 14.5 Å². The van der Waals surface area contributed by atoms with E-state index in [1.807, 2.05) is 0 Å². The normalized spacial score (nSPS) is 10.6. The van der Waals surface area contributed by atoms with Gasteiger partial charge in [0.15, 0.2) is 5.82 Å². The quantitative estimate of drug-likeness (QED) is 0.487. The third kappa shape index (κ3) is 3.80. The second-order valence-electron chi connectivity index (χ2n) is 5.64. The van der Waals surface area contributed by atoms with Crippen LogP contribution in [0.5, 0.6) is 6.01 Å². The van der Waals surface area contributed by atoms with Gasteiger partial charge in [0.2, 0.25) is 0 Å². The van der Waals surface area contributed by atoms with Crippen LogP contribution in [0.25, 0.3) is 11.4 Å². The molecule has 0 amide bonds. The number of carbonyl (C=O) groups excluding carboxylic acids is 1. The standard InChI is InChI=1S/C18H15ClN4O4/c1-3-27-18-20-16(12-5-4-6-14(19)9-12)22(21-18)17(24)13-8-7-11(2)15(10-13)23(25)26/h4-10H,3H2,1-2H3. The Bertz CT molecular complexity index is 1030. The van der Waals surface area contributed by atoms with Gasteiger partial charge in [-0.1, -0.05) is 29.8 Å². The summed E-state index contributed by atoms with van der Waals surface area (Å²) in [5.74, 6) is -0.333. The minimum atomic E-state index is -0.563. The first kappa shape index (κ1) is 18.5. The van der Waals surface area contributed by atoms with Crippen LogP contribution >= 0.6 is 11.6 Å². The Hall–Kier alpha value is -3.26. The highest BCUT2D eigenvalue weighted by molar-refractivity contribution is 6.30. The first-order valence-electron chi connectivity index (χ1n) is 8.06. The predicted octanol–water partition coefficient (Wildman–Crippen LogP) is 3.90. The number of benzene rings is 2. The van der Waals surface area contributed by atoms with Crippen molar-refractivity contribution in [2.24, 2.45) is 0 Å². The fraction of sp³-hybridized carbons (Fsp3) is 0.167. The van der Waals surface area contributed by atoms with E-state index in [4.69, 9.17) is 16.3 Å². The van der Waals surface area contributed by atoms with E-state index in [2.05, 4.69) is 10.1 Å². The van der Waals surface area contributed by atoms with Gasteiger partial charge >= 0.3 is 6.01 Å². The average molecular weight is 387 g/mol. The number of rotatable bonds is 5. The fourth-order valence-corrected chi connectivity index (χ4v) is 2.69. The molecule has 0 saturated heterocycles. The Balaban J connectivity index is 2.11. The maximum atomic E-state index is 13.0. The van der Waals surface area contributed by atoms with E-state index in [9.17, 15) is 14.9 Å². The zero-order chi connectivity index (χ0) is 19.6. The first-order chi connectivity index (χ1) is 12.9. The second kappa shape index (κ2) is 7.55. The number of halogens is 1. The Morgan fingerprint density at radius 2 is 2.07 bits per heavy atom. The molecule has 0 radical (unpaired) electrons. The molecule has 1 aromatic heterocycles. The van der Waals surface area contributed by atoms with Crippen LogP contribution < -0.4 is 4.74 Å². The molecule has 3 aromatic rings. The van der Waals surface area contributed by atoms with E-state index >= 15 is 0 Å². The Morgan fingerprint density at radius 1 is 1.30 bits per heavy atom. The summed E-state index contributed by atoms with van der Waals surface area (Å²) < 4.78 is 6.37. The SMILES string of the molecule is CCOc1nc(-c2cccc(Cl)c2)n(C(=O)c2ccc(C)c([N+](=O)[O-])c2)n1. The predicted molar refractivity (Wildman–Crippen MR) is 99.2 cm³/mol. The minimum absolute atomic E-state index is 0.0300. The minimum Gasteiger partial charge on any atom is -0.463 e.